The fraction of sp³-hybridized carbons (Fsp3) is 0.169. The van der Waals surface area contributed by atoms with Crippen LogP contribution < -0.4 is 5.19 Å². The maximum Gasteiger partial charge on any atom is 0.147 e. The Morgan fingerprint density at radius 2 is 1.32 bits per heavy atom. The zero-order valence-corrected chi connectivity index (χ0v) is 41.6. The molecule has 0 bridgehead atoms. The van der Waals surface area contributed by atoms with Gasteiger partial charge in [-0.15, -0.1) is 54.1 Å². The molecular weight excluding hydrogens is 1000 g/mol. The summed E-state index contributed by atoms with van der Waals surface area (Å²) >= 11 is 0. The van der Waals surface area contributed by atoms with E-state index in [4.69, 9.17) is 18.5 Å². The molecule has 11 rings (SSSR count). The average Bonchev–Trinajstić information content (AvgIpc) is 3.92. The van der Waals surface area contributed by atoms with Crippen LogP contribution in [0.25, 0.3) is 94.1 Å². The van der Waals surface area contributed by atoms with Crippen LogP contribution in [0.1, 0.15) is 60.5 Å². The minimum atomic E-state index is -2.43. The van der Waals surface area contributed by atoms with Gasteiger partial charge in [0, 0.05) is 52.6 Å². The third-order valence-corrected chi connectivity index (χ3v) is 14.4. The summed E-state index contributed by atoms with van der Waals surface area (Å²) in [5.74, 6) is 1.12. The molecule has 4 aromatic heterocycles. The third-order valence-electron chi connectivity index (χ3n) is 12.4. The number of hydrogen-bond acceptors (Lipinski definition) is 4. The van der Waals surface area contributed by atoms with Crippen molar-refractivity contribution >= 4 is 67.9 Å². The van der Waals surface area contributed by atoms with Crippen LogP contribution in [0.15, 0.2) is 162 Å². The molecule has 329 valence electrons. The number of rotatable bonds is 7. The van der Waals surface area contributed by atoms with Crippen LogP contribution >= 0.6 is 0 Å². The summed E-state index contributed by atoms with van der Waals surface area (Å²) in [5, 5.41) is 5.33. The smallest absolute Gasteiger partial charge is 0.147 e. The Morgan fingerprint density at radius 3 is 1.97 bits per heavy atom. The number of nitrogens with zero attached hydrogens (tertiary/aromatic N) is 4. The van der Waals surface area contributed by atoms with Crippen molar-refractivity contribution in [1.82, 2.24) is 19.5 Å². The minimum Gasteiger partial charge on any atom is -0.498 e. The zero-order valence-electron chi connectivity index (χ0n) is 41.2. The van der Waals surface area contributed by atoms with Crippen molar-refractivity contribution in [2.75, 3.05) is 0 Å². The number of aromatic nitrogens is 4. The number of imidazole rings is 1. The Bertz CT molecular complexity index is 3620. The number of furan rings is 1. The van der Waals surface area contributed by atoms with Gasteiger partial charge in [-0.25, -0.2) is 0 Å². The molecule has 0 unspecified atom stereocenters. The summed E-state index contributed by atoms with van der Waals surface area (Å²) in [5.41, 5.74) is 12.2. The monoisotopic (exact) mass is 1060 g/mol. The minimum absolute atomic E-state index is 0. The largest absolute Gasteiger partial charge is 0.498 e. The standard InChI is InChI=1S/C45H36N3O.C14H16NSi.Ir/c1-26(2)35-24-32(29-14-7-6-8-15-29)25-36(27(3)4)42(35)48-40-21-12-11-20-39(40)47-45(48)34-19-13-18-33-41-44(49-43(33)34)38-23-31-17-10-9-16-30(31)22-37(38)28(5)46-41;1-16(2,3)13-9-10-14(15-11-13)12-7-5-4-6-8-12;/h6-18,20-27H,1-5H3;4-7,9-11H,1-3H3;/q2*-1;/i5D3;;. The van der Waals surface area contributed by atoms with E-state index in [-0.39, 0.29) is 37.6 Å². The number of benzene rings is 7. The summed E-state index contributed by atoms with van der Waals surface area (Å²) in [4.78, 5) is 14.6. The Balaban J connectivity index is 0.000000296. The third kappa shape index (κ3) is 8.21. The van der Waals surface area contributed by atoms with Crippen LogP contribution in [0.4, 0.5) is 0 Å². The number of fused-ring (bicyclic) bond motifs is 7. The van der Waals surface area contributed by atoms with Gasteiger partial charge in [0.05, 0.1) is 36.0 Å². The molecular formula is C59H52IrN4OSi-2. The van der Waals surface area contributed by atoms with Crippen molar-refractivity contribution in [3.8, 4) is 39.5 Å². The molecule has 66 heavy (non-hydrogen) atoms. The van der Waals surface area contributed by atoms with E-state index in [2.05, 4.69) is 130 Å². The summed E-state index contributed by atoms with van der Waals surface area (Å²) in [6.07, 6.45) is 2.02. The van der Waals surface area contributed by atoms with Crippen molar-refractivity contribution in [1.29, 1.82) is 0 Å². The van der Waals surface area contributed by atoms with Gasteiger partial charge in [0.1, 0.15) is 5.58 Å². The van der Waals surface area contributed by atoms with E-state index in [9.17, 15) is 0 Å². The van der Waals surface area contributed by atoms with Crippen LogP contribution in [0.5, 0.6) is 0 Å². The van der Waals surface area contributed by atoms with Gasteiger partial charge in [0.15, 0.2) is 0 Å². The number of hydrogen-bond donors (Lipinski definition) is 0. The van der Waals surface area contributed by atoms with Crippen LogP contribution in [0.2, 0.25) is 19.6 Å². The first kappa shape index (κ1) is 41.0. The SMILES string of the molecule is C[Si](C)(C)c1ccc(-c2[c-]cccc2)nc1.[2H]C([2H])([2H])c1nc2c3cc[c-]c(-c4nc5ccccc5n4-c4c(C(C)C)cc(-c5ccccc5)cc4C(C)C)c3oc2c2cc3ccccc3cc12.[Ir]. The van der Waals surface area contributed by atoms with Crippen molar-refractivity contribution < 1.29 is 28.6 Å². The second-order valence-corrected chi connectivity index (χ2v) is 23.6. The summed E-state index contributed by atoms with van der Waals surface area (Å²) < 4.78 is 34.5. The number of pyridine rings is 2. The molecule has 0 atom stereocenters. The Morgan fingerprint density at radius 1 is 0.636 bits per heavy atom. The molecule has 5 nitrogen and oxygen atoms in total. The van der Waals surface area contributed by atoms with E-state index >= 15 is 0 Å². The van der Waals surface area contributed by atoms with Crippen molar-refractivity contribution in [2.24, 2.45) is 0 Å². The van der Waals surface area contributed by atoms with E-state index in [1.807, 2.05) is 97.2 Å². The predicted octanol–water partition coefficient (Wildman–Crippen LogP) is 15.4. The predicted molar refractivity (Wildman–Crippen MR) is 275 cm³/mol. The molecule has 0 saturated carbocycles. The van der Waals surface area contributed by atoms with Crippen LogP contribution in [0.3, 0.4) is 0 Å². The van der Waals surface area contributed by atoms with E-state index < -0.39 is 14.9 Å². The van der Waals surface area contributed by atoms with E-state index in [1.165, 1.54) is 27.4 Å². The second kappa shape index (κ2) is 18.1. The maximum atomic E-state index is 8.46. The molecule has 0 saturated heterocycles. The first-order valence-corrected chi connectivity index (χ1v) is 25.9. The van der Waals surface area contributed by atoms with E-state index in [1.54, 1.807) is 0 Å². The van der Waals surface area contributed by atoms with E-state index in [0.717, 1.165) is 44.1 Å². The molecule has 7 heteroatoms. The Labute approximate surface area is 406 Å². The number of para-hydroxylation sites is 2. The first-order chi connectivity index (χ1) is 32.7. The normalized spacial score (nSPS) is 12.7. The van der Waals surface area contributed by atoms with Crippen molar-refractivity contribution in [2.45, 2.75) is 66.0 Å². The molecule has 0 aliphatic rings. The van der Waals surface area contributed by atoms with Crippen LogP contribution in [-0.4, -0.2) is 27.6 Å². The summed E-state index contributed by atoms with van der Waals surface area (Å²) in [6, 6.07) is 58.0. The van der Waals surface area contributed by atoms with Gasteiger partial charge in [-0.1, -0.05) is 132 Å². The second-order valence-electron chi connectivity index (χ2n) is 18.5. The Hall–Kier alpha value is -6.50. The zero-order chi connectivity index (χ0) is 47.5. The van der Waals surface area contributed by atoms with Crippen LogP contribution in [0, 0.1) is 19.0 Å². The quantitative estimate of drug-likeness (QED) is 0.0907. The van der Waals surface area contributed by atoms with Crippen molar-refractivity contribution in [3.63, 3.8) is 0 Å². The van der Waals surface area contributed by atoms with Crippen LogP contribution in [-0.2, 0) is 20.1 Å². The van der Waals surface area contributed by atoms with Gasteiger partial charge in [0.2, 0.25) is 0 Å². The molecule has 0 aliphatic carbocycles. The van der Waals surface area contributed by atoms with Gasteiger partial charge in [-0.2, -0.15) is 0 Å². The van der Waals surface area contributed by atoms with Gasteiger partial charge >= 0.3 is 0 Å². The maximum absolute atomic E-state index is 8.46. The fourth-order valence-corrected chi connectivity index (χ4v) is 9.93. The molecule has 0 amide bonds. The van der Waals surface area contributed by atoms with Gasteiger partial charge in [-0.3, -0.25) is 9.97 Å². The van der Waals surface area contributed by atoms with E-state index in [0.29, 0.717) is 38.8 Å². The first-order valence-electron chi connectivity index (χ1n) is 23.9. The molecule has 0 aliphatic heterocycles. The fourth-order valence-electron chi connectivity index (χ4n) is 8.89. The van der Waals surface area contributed by atoms with Gasteiger partial charge in [0.25, 0.3) is 0 Å². The molecule has 7 aromatic carbocycles. The van der Waals surface area contributed by atoms with Crippen molar-refractivity contribution in [3.05, 3.63) is 187 Å². The topological polar surface area (TPSA) is 56.7 Å². The molecule has 4 heterocycles. The molecule has 0 N–H and O–H groups in total. The summed E-state index contributed by atoms with van der Waals surface area (Å²) in [7, 11) is -1.23. The molecule has 0 spiro atoms. The van der Waals surface area contributed by atoms with Gasteiger partial charge in [-0.05, 0) is 104 Å². The number of aryl methyl sites for hydroxylation is 1. The molecule has 1 radical (unpaired) electrons. The molecule has 11 aromatic rings. The van der Waals surface area contributed by atoms with Gasteiger partial charge < -0.3 is 14.0 Å². The average molecular weight is 1060 g/mol. The Kier molecular flexibility index (Phi) is 11.2. The molecule has 0 fully saturated rings. The summed E-state index contributed by atoms with van der Waals surface area (Å²) in [6.45, 7) is 13.5.